The summed E-state index contributed by atoms with van der Waals surface area (Å²) < 4.78 is 3.60. The molecule has 7 heteroatoms. The first kappa shape index (κ1) is 14.5. The maximum absolute atomic E-state index is 5.78. The Balaban J connectivity index is 2.25. The van der Waals surface area contributed by atoms with Crippen LogP contribution in [0.15, 0.2) is 6.20 Å². The van der Waals surface area contributed by atoms with Gasteiger partial charge in [-0.1, -0.05) is 19.1 Å². The fourth-order valence-electron chi connectivity index (χ4n) is 2.36. The van der Waals surface area contributed by atoms with E-state index in [0.717, 1.165) is 29.2 Å². The summed E-state index contributed by atoms with van der Waals surface area (Å²) in [5.74, 6) is 0.848. The maximum Gasteiger partial charge on any atom is 0.134 e. The monoisotopic (exact) mass is 292 g/mol. The number of anilines is 1. The van der Waals surface area contributed by atoms with Crippen LogP contribution in [0.2, 0.25) is 0 Å². The molecule has 0 fully saturated rings. The van der Waals surface area contributed by atoms with Crippen LogP contribution >= 0.6 is 12.2 Å². The number of nitrogens with two attached hydrogens (primary N) is 1. The Labute approximate surface area is 124 Å². The van der Waals surface area contributed by atoms with Gasteiger partial charge in [-0.05, 0) is 13.3 Å². The Morgan fingerprint density at radius 3 is 2.70 bits per heavy atom. The van der Waals surface area contributed by atoms with Crippen molar-refractivity contribution in [3.05, 3.63) is 28.7 Å². The molecule has 0 bridgehead atoms. The molecular formula is C13H20N6S. The number of aromatic nitrogens is 4. The van der Waals surface area contributed by atoms with E-state index in [9.17, 15) is 0 Å². The molecule has 2 aromatic heterocycles. The van der Waals surface area contributed by atoms with Crippen LogP contribution in [0.1, 0.15) is 29.4 Å². The van der Waals surface area contributed by atoms with Crippen molar-refractivity contribution >= 4 is 23.0 Å². The highest BCUT2D eigenvalue weighted by Gasteiger charge is 2.16. The fourth-order valence-corrected chi connectivity index (χ4v) is 2.61. The smallest absolute Gasteiger partial charge is 0.134 e. The zero-order valence-electron chi connectivity index (χ0n) is 12.3. The summed E-state index contributed by atoms with van der Waals surface area (Å²) in [6.45, 7) is 4.67. The molecule has 0 saturated heterocycles. The van der Waals surface area contributed by atoms with Crippen molar-refractivity contribution in [2.75, 3.05) is 5.32 Å². The minimum atomic E-state index is 0.361. The molecule has 2 rings (SSSR count). The molecule has 108 valence electrons. The summed E-state index contributed by atoms with van der Waals surface area (Å²) in [5.41, 5.74) is 9.69. The maximum atomic E-state index is 5.78. The zero-order chi connectivity index (χ0) is 14.9. The highest BCUT2D eigenvalue weighted by Crippen LogP contribution is 2.20. The Morgan fingerprint density at radius 2 is 2.10 bits per heavy atom. The summed E-state index contributed by atoms with van der Waals surface area (Å²) in [6, 6.07) is 0. The van der Waals surface area contributed by atoms with Gasteiger partial charge in [-0.25, -0.2) is 0 Å². The van der Waals surface area contributed by atoms with Crippen molar-refractivity contribution < 1.29 is 0 Å². The Bertz CT molecular complexity index is 640. The second-order valence-electron chi connectivity index (χ2n) is 4.78. The van der Waals surface area contributed by atoms with Crippen LogP contribution in [-0.4, -0.2) is 24.5 Å². The number of thiocarbonyl (C=S) groups is 1. The van der Waals surface area contributed by atoms with Gasteiger partial charge in [-0.3, -0.25) is 9.36 Å². The molecule has 0 aliphatic carbocycles. The number of rotatable bonds is 5. The van der Waals surface area contributed by atoms with Crippen molar-refractivity contribution in [3.63, 3.8) is 0 Å². The lowest BCUT2D eigenvalue weighted by Crippen LogP contribution is -2.14. The molecule has 0 radical (unpaired) electrons. The number of nitrogens with one attached hydrogen (secondary N) is 1. The molecule has 0 spiro atoms. The first-order valence-electron chi connectivity index (χ1n) is 6.52. The normalized spacial score (nSPS) is 10.8. The van der Waals surface area contributed by atoms with E-state index < -0.39 is 0 Å². The Kier molecular flexibility index (Phi) is 4.08. The second kappa shape index (κ2) is 5.62. The fraction of sp³-hybridized carbons (Fsp3) is 0.462. The molecule has 0 aromatic carbocycles. The minimum absolute atomic E-state index is 0.361. The second-order valence-corrected chi connectivity index (χ2v) is 5.22. The molecule has 3 N–H and O–H groups in total. The molecule has 0 aliphatic heterocycles. The van der Waals surface area contributed by atoms with Gasteiger partial charge in [-0.15, -0.1) is 0 Å². The quantitative estimate of drug-likeness (QED) is 0.812. The van der Waals surface area contributed by atoms with Gasteiger partial charge < -0.3 is 11.1 Å². The number of aryl methyl sites for hydroxylation is 4. The standard InChI is InChI=1S/C13H20N6S/c1-5-10-9(7-18(3)17-10)6-15-13-11(12(14)20)8(2)16-19(13)4/h7,15H,5-6H2,1-4H3,(H2,14,20). The first-order valence-corrected chi connectivity index (χ1v) is 6.93. The topological polar surface area (TPSA) is 73.7 Å². The van der Waals surface area contributed by atoms with E-state index in [0.29, 0.717) is 11.5 Å². The molecule has 0 aliphatic rings. The molecule has 20 heavy (non-hydrogen) atoms. The average Bonchev–Trinajstić information content (AvgIpc) is 2.86. The largest absolute Gasteiger partial charge is 0.389 e. The molecule has 2 heterocycles. The van der Waals surface area contributed by atoms with Gasteiger partial charge in [0.15, 0.2) is 0 Å². The van der Waals surface area contributed by atoms with E-state index in [2.05, 4.69) is 22.4 Å². The highest BCUT2D eigenvalue weighted by molar-refractivity contribution is 7.80. The lowest BCUT2D eigenvalue weighted by Gasteiger charge is -2.09. The lowest BCUT2D eigenvalue weighted by atomic mass is 10.2. The van der Waals surface area contributed by atoms with Gasteiger partial charge in [0.25, 0.3) is 0 Å². The number of nitrogens with zero attached hydrogens (tertiary/aromatic N) is 4. The predicted molar refractivity (Wildman–Crippen MR) is 83.7 cm³/mol. The van der Waals surface area contributed by atoms with E-state index in [-0.39, 0.29) is 0 Å². The molecule has 6 nitrogen and oxygen atoms in total. The van der Waals surface area contributed by atoms with Gasteiger partial charge in [0, 0.05) is 32.4 Å². The van der Waals surface area contributed by atoms with Crippen LogP contribution in [0.3, 0.4) is 0 Å². The van der Waals surface area contributed by atoms with E-state index in [1.54, 1.807) is 4.68 Å². The molecule has 2 aromatic rings. The molecule has 0 saturated carbocycles. The summed E-state index contributed by atoms with van der Waals surface area (Å²) in [6.07, 6.45) is 2.93. The molecule has 0 unspecified atom stereocenters. The van der Waals surface area contributed by atoms with E-state index in [4.69, 9.17) is 18.0 Å². The summed E-state index contributed by atoms with van der Waals surface area (Å²) in [7, 11) is 3.80. The predicted octanol–water partition coefficient (Wildman–Crippen LogP) is 1.27. The van der Waals surface area contributed by atoms with Crippen LogP contribution < -0.4 is 11.1 Å². The minimum Gasteiger partial charge on any atom is -0.389 e. The van der Waals surface area contributed by atoms with Gasteiger partial charge in [-0.2, -0.15) is 10.2 Å². The first-order chi connectivity index (χ1) is 9.43. The molecule has 0 atom stereocenters. The van der Waals surface area contributed by atoms with Gasteiger partial charge in [0.05, 0.1) is 17.0 Å². The third kappa shape index (κ3) is 2.67. The van der Waals surface area contributed by atoms with Gasteiger partial charge in [0.2, 0.25) is 0 Å². The SMILES string of the molecule is CCc1nn(C)cc1CNc1c(C(N)=S)c(C)nn1C. The van der Waals surface area contributed by atoms with Crippen molar-refractivity contribution in [1.82, 2.24) is 19.6 Å². The van der Waals surface area contributed by atoms with E-state index in [1.165, 1.54) is 5.56 Å². The highest BCUT2D eigenvalue weighted by atomic mass is 32.1. The third-order valence-electron chi connectivity index (χ3n) is 3.24. The van der Waals surface area contributed by atoms with Crippen molar-refractivity contribution in [3.8, 4) is 0 Å². The summed E-state index contributed by atoms with van der Waals surface area (Å²) in [4.78, 5) is 0.361. The van der Waals surface area contributed by atoms with E-state index in [1.807, 2.05) is 31.9 Å². The van der Waals surface area contributed by atoms with Crippen molar-refractivity contribution in [2.24, 2.45) is 19.8 Å². The van der Waals surface area contributed by atoms with E-state index >= 15 is 0 Å². The van der Waals surface area contributed by atoms with Crippen molar-refractivity contribution in [2.45, 2.75) is 26.8 Å². The van der Waals surface area contributed by atoms with Crippen LogP contribution in [0.25, 0.3) is 0 Å². The van der Waals surface area contributed by atoms with Crippen LogP contribution in [0, 0.1) is 6.92 Å². The van der Waals surface area contributed by atoms with Crippen molar-refractivity contribution in [1.29, 1.82) is 0 Å². The Hall–Kier alpha value is -1.89. The zero-order valence-corrected chi connectivity index (χ0v) is 13.1. The molecule has 0 amide bonds. The van der Waals surface area contributed by atoms with Crippen LogP contribution in [0.5, 0.6) is 0 Å². The number of hydrogen-bond acceptors (Lipinski definition) is 4. The lowest BCUT2D eigenvalue weighted by molar-refractivity contribution is 0.746. The van der Waals surface area contributed by atoms with Gasteiger partial charge in [0.1, 0.15) is 10.8 Å². The summed E-state index contributed by atoms with van der Waals surface area (Å²) >= 11 is 5.10. The third-order valence-corrected chi connectivity index (χ3v) is 3.45. The van der Waals surface area contributed by atoms with Crippen LogP contribution in [-0.2, 0) is 27.1 Å². The average molecular weight is 292 g/mol. The van der Waals surface area contributed by atoms with Gasteiger partial charge >= 0.3 is 0 Å². The Morgan fingerprint density at radius 1 is 1.40 bits per heavy atom. The number of hydrogen-bond donors (Lipinski definition) is 2. The summed E-state index contributed by atoms with van der Waals surface area (Å²) in [5, 5.41) is 12.2. The van der Waals surface area contributed by atoms with Crippen LogP contribution in [0.4, 0.5) is 5.82 Å². The molecular weight excluding hydrogens is 272 g/mol.